The standard InChI is InChI=1S/C15H21F2NO2/c1-9(2)18-6-7-20-12(8-18)15(19)11-5-4-10(3)13(16)14(11)17/h4-5,9,12,15,19H,6-8H2,1-3H3. The molecule has 112 valence electrons. The number of hydrogen-bond acceptors (Lipinski definition) is 3. The Morgan fingerprint density at radius 2 is 2.00 bits per heavy atom. The van der Waals surface area contributed by atoms with Crippen LogP contribution in [0.25, 0.3) is 0 Å². The smallest absolute Gasteiger partial charge is 0.164 e. The molecule has 0 aliphatic carbocycles. The molecule has 1 aromatic carbocycles. The van der Waals surface area contributed by atoms with Crippen LogP contribution in [0.1, 0.15) is 31.1 Å². The third-order valence-corrected chi connectivity index (χ3v) is 3.83. The molecule has 1 heterocycles. The summed E-state index contributed by atoms with van der Waals surface area (Å²) >= 11 is 0. The molecule has 0 aromatic heterocycles. The Morgan fingerprint density at radius 1 is 1.30 bits per heavy atom. The number of halogens is 2. The average molecular weight is 285 g/mol. The van der Waals surface area contributed by atoms with E-state index in [1.807, 2.05) is 0 Å². The summed E-state index contributed by atoms with van der Waals surface area (Å²) in [6, 6.07) is 3.23. The molecule has 1 N–H and O–H groups in total. The van der Waals surface area contributed by atoms with Gasteiger partial charge in [-0.05, 0) is 26.3 Å². The summed E-state index contributed by atoms with van der Waals surface area (Å²) in [4.78, 5) is 2.15. The number of ether oxygens (including phenoxy) is 1. The zero-order valence-electron chi connectivity index (χ0n) is 12.1. The van der Waals surface area contributed by atoms with Crippen molar-refractivity contribution in [2.75, 3.05) is 19.7 Å². The predicted octanol–water partition coefficient (Wildman–Crippen LogP) is 2.42. The normalized spacial score (nSPS) is 22.2. The van der Waals surface area contributed by atoms with Crippen LogP contribution in [0.3, 0.4) is 0 Å². The fraction of sp³-hybridized carbons (Fsp3) is 0.600. The van der Waals surface area contributed by atoms with E-state index in [2.05, 4.69) is 18.7 Å². The second-order valence-corrected chi connectivity index (χ2v) is 5.54. The number of nitrogens with zero attached hydrogens (tertiary/aromatic N) is 1. The molecule has 0 saturated carbocycles. The van der Waals surface area contributed by atoms with Crippen LogP contribution in [0, 0.1) is 18.6 Å². The van der Waals surface area contributed by atoms with E-state index in [1.165, 1.54) is 19.1 Å². The molecule has 1 aromatic rings. The quantitative estimate of drug-likeness (QED) is 0.926. The summed E-state index contributed by atoms with van der Waals surface area (Å²) in [7, 11) is 0. The van der Waals surface area contributed by atoms with E-state index in [0.717, 1.165) is 6.54 Å². The maximum atomic E-state index is 13.9. The molecular formula is C15H21F2NO2. The van der Waals surface area contributed by atoms with Gasteiger partial charge in [-0.3, -0.25) is 4.90 Å². The summed E-state index contributed by atoms with van der Waals surface area (Å²) < 4.78 is 33.0. The summed E-state index contributed by atoms with van der Waals surface area (Å²) in [6.45, 7) is 7.38. The molecule has 2 atom stereocenters. The topological polar surface area (TPSA) is 32.7 Å². The van der Waals surface area contributed by atoms with Crippen LogP contribution in [-0.2, 0) is 4.74 Å². The first-order chi connectivity index (χ1) is 9.41. The van der Waals surface area contributed by atoms with E-state index in [0.29, 0.717) is 19.2 Å². The van der Waals surface area contributed by atoms with Gasteiger partial charge in [-0.25, -0.2) is 8.78 Å². The molecule has 1 aliphatic heterocycles. The van der Waals surface area contributed by atoms with Crippen molar-refractivity contribution >= 4 is 0 Å². The molecule has 1 fully saturated rings. The molecule has 20 heavy (non-hydrogen) atoms. The highest BCUT2D eigenvalue weighted by Gasteiger charge is 2.31. The molecule has 5 heteroatoms. The number of hydrogen-bond donors (Lipinski definition) is 1. The average Bonchev–Trinajstić information content (AvgIpc) is 2.44. The van der Waals surface area contributed by atoms with Crippen molar-refractivity contribution in [1.82, 2.24) is 4.90 Å². The molecule has 3 nitrogen and oxygen atoms in total. The Balaban J connectivity index is 2.19. The minimum atomic E-state index is -1.16. The fourth-order valence-electron chi connectivity index (χ4n) is 2.45. The van der Waals surface area contributed by atoms with E-state index in [1.54, 1.807) is 0 Å². The van der Waals surface area contributed by atoms with E-state index in [-0.39, 0.29) is 11.1 Å². The number of morpholine rings is 1. The first kappa shape index (κ1) is 15.4. The maximum absolute atomic E-state index is 13.9. The van der Waals surface area contributed by atoms with Crippen LogP contribution in [-0.4, -0.2) is 41.8 Å². The second-order valence-electron chi connectivity index (χ2n) is 5.54. The fourth-order valence-corrected chi connectivity index (χ4v) is 2.45. The van der Waals surface area contributed by atoms with Gasteiger partial charge in [-0.2, -0.15) is 0 Å². The molecular weight excluding hydrogens is 264 g/mol. The van der Waals surface area contributed by atoms with Gasteiger partial charge >= 0.3 is 0 Å². The van der Waals surface area contributed by atoms with Crippen molar-refractivity contribution in [2.24, 2.45) is 0 Å². The van der Waals surface area contributed by atoms with Crippen LogP contribution in [0.4, 0.5) is 8.78 Å². The van der Waals surface area contributed by atoms with Gasteiger partial charge in [-0.15, -0.1) is 0 Å². The lowest BCUT2D eigenvalue weighted by atomic mass is 10.00. The van der Waals surface area contributed by atoms with Crippen molar-refractivity contribution < 1.29 is 18.6 Å². The second kappa shape index (κ2) is 6.16. The van der Waals surface area contributed by atoms with Gasteiger partial charge in [0.1, 0.15) is 12.2 Å². The molecule has 2 rings (SSSR count). The maximum Gasteiger partial charge on any atom is 0.164 e. The lowest BCUT2D eigenvalue weighted by Gasteiger charge is -2.37. The highest BCUT2D eigenvalue weighted by Crippen LogP contribution is 2.27. The Kier molecular flexibility index (Phi) is 4.73. The number of aryl methyl sites for hydroxylation is 1. The monoisotopic (exact) mass is 285 g/mol. The van der Waals surface area contributed by atoms with Crippen LogP contribution >= 0.6 is 0 Å². The van der Waals surface area contributed by atoms with Crippen molar-refractivity contribution in [2.45, 2.75) is 39.0 Å². The van der Waals surface area contributed by atoms with Gasteiger partial charge in [0.05, 0.1) is 6.61 Å². The molecule has 0 bridgehead atoms. The largest absolute Gasteiger partial charge is 0.386 e. The summed E-state index contributed by atoms with van der Waals surface area (Å²) in [5.41, 5.74) is 0.190. The Morgan fingerprint density at radius 3 is 2.65 bits per heavy atom. The van der Waals surface area contributed by atoms with Gasteiger partial charge < -0.3 is 9.84 Å². The minimum absolute atomic E-state index is 0.0382. The van der Waals surface area contributed by atoms with Crippen LogP contribution in [0.5, 0.6) is 0 Å². The summed E-state index contributed by atoms with van der Waals surface area (Å²) in [5, 5.41) is 10.3. The highest BCUT2D eigenvalue weighted by atomic mass is 19.2. The number of aliphatic hydroxyl groups is 1. The van der Waals surface area contributed by atoms with E-state index < -0.39 is 23.8 Å². The van der Waals surface area contributed by atoms with Crippen molar-refractivity contribution in [3.8, 4) is 0 Å². The number of benzene rings is 1. The van der Waals surface area contributed by atoms with Crippen LogP contribution < -0.4 is 0 Å². The third-order valence-electron chi connectivity index (χ3n) is 3.83. The molecule has 2 unspecified atom stereocenters. The molecule has 1 saturated heterocycles. The van der Waals surface area contributed by atoms with Gasteiger partial charge in [-0.1, -0.05) is 12.1 Å². The summed E-state index contributed by atoms with van der Waals surface area (Å²) in [6.07, 6.45) is -1.70. The number of rotatable bonds is 3. The van der Waals surface area contributed by atoms with Crippen molar-refractivity contribution in [1.29, 1.82) is 0 Å². The van der Waals surface area contributed by atoms with E-state index >= 15 is 0 Å². The predicted molar refractivity (Wildman–Crippen MR) is 72.5 cm³/mol. The van der Waals surface area contributed by atoms with Gasteiger partial charge in [0.25, 0.3) is 0 Å². The Bertz CT molecular complexity index is 479. The van der Waals surface area contributed by atoms with E-state index in [4.69, 9.17) is 4.74 Å². The molecule has 0 radical (unpaired) electrons. The Hall–Kier alpha value is -1.04. The van der Waals surface area contributed by atoms with Crippen molar-refractivity contribution in [3.05, 3.63) is 34.9 Å². The Labute approximate surface area is 118 Å². The lowest BCUT2D eigenvalue weighted by molar-refractivity contribution is -0.0970. The molecule has 0 amide bonds. The first-order valence-corrected chi connectivity index (χ1v) is 6.90. The first-order valence-electron chi connectivity index (χ1n) is 6.90. The highest BCUT2D eigenvalue weighted by molar-refractivity contribution is 5.27. The van der Waals surface area contributed by atoms with Gasteiger partial charge in [0.2, 0.25) is 0 Å². The zero-order valence-corrected chi connectivity index (χ0v) is 12.1. The SMILES string of the molecule is Cc1ccc(C(O)C2CN(C(C)C)CCO2)c(F)c1F. The minimum Gasteiger partial charge on any atom is -0.386 e. The lowest BCUT2D eigenvalue weighted by Crippen LogP contribution is -2.47. The zero-order chi connectivity index (χ0) is 14.9. The third kappa shape index (κ3) is 3.00. The van der Waals surface area contributed by atoms with Gasteiger partial charge in [0, 0.05) is 24.7 Å². The van der Waals surface area contributed by atoms with Crippen molar-refractivity contribution in [3.63, 3.8) is 0 Å². The van der Waals surface area contributed by atoms with Gasteiger partial charge in [0.15, 0.2) is 11.6 Å². The van der Waals surface area contributed by atoms with Crippen LogP contribution in [0.2, 0.25) is 0 Å². The number of aliphatic hydroxyl groups excluding tert-OH is 1. The summed E-state index contributed by atoms with van der Waals surface area (Å²) in [5.74, 6) is -1.89. The molecule has 0 spiro atoms. The van der Waals surface area contributed by atoms with E-state index in [9.17, 15) is 13.9 Å². The molecule has 1 aliphatic rings. The van der Waals surface area contributed by atoms with Crippen LogP contribution in [0.15, 0.2) is 12.1 Å².